The van der Waals surface area contributed by atoms with Crippen LogP contribution in [0.15, 0.2) is 35.7 Å². The van der Waals surface area contributed by atoms with Crippen LogP contribution >= 0.6 is 22.9 Å². The first-order valence-corrected chi connectivity index (χ1v) is 8.96. The average Bonchev–Trinajstić information content (AvgIpc) is 3.04. The van der Waals surface area contributed by atoms with E-state index in [9.17, 15) is 0 Å². The SMILES string of the molecule is COc1ccsc1C(Cl)c1ccc(C2CCCCC2)cc1. The van der Waals surface area contributed by atoms with Gasteiger partial charge < -0.3 is 4.74 Å². The van der Waals surface area contributed by atoms with E-state index in [4.69, 9.17) is 16.3 Å². The third-order valence-electron chi connectivity index (χ3n) is 4.41. The summed E-state index contributed by atoms with van der Waals surface area (Å²) in [5.41, 5.74) is 2.62. The van der Waals surface area contributed by atoms with E-state index in [1.54, 1.807) is 18.4 Å². The van der Waals surface area contributed by atoms with Gasteiger partial charge in [-0.25, -0.2) is 0 Å². The first-order chi connectivity index (χ1) is 10.3. The Kier molecular flexibility index (Phi) is 4.87. The van der Waals surface area contributed by atoms with Gasteiger partial charge in [-0.1, -0.05) is 43.5 Å². The molecule has 3 heteroatoms. The quantitative estimate of drug-likeness (QED) is 0.615. The average molecular weight is 321 g/mol. The van der Waals surface area contributed by atoms with Crippen LogP contribution in [0.4, 0.5) is 0 Å². The van der Waals surface area contributed by atoms with Gasteiger partial charge >= 0.3 is 0 Å². The summed E-state index contributed by atoms with van der Waals surface area (Å²) in [6.07, 6.45) is 6.81. The lowest BCUT2D eigenvalue weighted by Crippen LogP contribution is -2.04. The topological polar surface area (TPSA) is 9.23 Å². The highest BCUT2D eigenvalue weighted by atomic mass is 35.5. The summed E-state index contributed by atoms with van der Waals surface area (Å²) < 4.78 is 5.37. The zero-order chi connectivity index (χ0) is 14.7. The van der Waals surface area contributed by atoms with Crippen LogP contribution in [0, 0.1) is 0 Å². The van der Waals surface area contributed by atoms with E-state index < -0.39 is 0 Å². The maximum absolute atomic E-state index is 6.63. The molecule has 1 aliphatic rings. The molecule has 3 rings (SSSR count). The summed E-state index contributed by atoms with van der Waals surface area (Å²) in [6.45, 7) is 0. The molecular weight excluding hydrogens is 300 g/mol. The van der Waals surface area contributed by atoms with Gasteiger partial charge in [0.2, 0.25) is 0 Å². The van der Waals surface area contributed by atoms with Crippen molar-refractivity contribution in [3.8, 4) is 5.75 Å². The van der Waals surface area contributed by atoms with Crippen LogP contribution in [-0.4, -0.2) is 7.11 Å². The van der Waals surface area contributed by atoms with Crippen molar-refractivity contribution in [1.29, 1.82) is 0 Å². The number of ether oxygens (including phenoxy) is 1. The van der Waals surface area contributed by atoms with Gasteiger partial charge in [-0.2, -0.15) is 0 Å². The van der Waals surface area contributed by atoms with Gasteiger partial charge in [-0.05, 0) is 41.3 Å². The monoisotopic (exact) mass is 320 g/mol. The Morgan fingerprint density at radius 3 is 2.48 bits per heavy atom. The molecule has 1 aliphatic carbocycles. The van der Waals surface area contributed by atoms with Gasteiger partial charge in [0.25, 0.3) is 0 Å². The van der Waals surface area contributed by atoms with E-state index >= 15 is 0 Å². The first-order valence-electron chi connectivity index (χ1n) is 7.65. The number of rotatable bonds is 4. The Morgan fingerprint density at radius 2 is 1.81 bits per heavy atom. The van der Waals surface area contributed by atoms with Crippen molar-refractivity contribution in [2.45, 2.75) is 43.4 Å². The van der Waals surface area contributed by atoms with Crippen molar-refractivity contribution < 1.29 is 4.74 Å². The molecule has 1 saturated carbocycles. The maximum atomic E-state index is 6.63. The largest absolute Gasteiger partial charge is 0.496 e. The summed E-state index contributed by atoms with van der Waals surface area (Å²) in [6, 6.07) is 10.9. The molecule has 0 saturated heterocycles. The number of hydrogen-bond donors (Lipinski definition) is 0. The third kappa shape index (κ3) is 3.27. The molecule has 1 fully saturated rings. The zero-order valence-corrected chi connectivity index (χ0v) is 13.9. The van der Waals surface area contributed by atoms with E-state index in [1.807, 2.05) is 11.4 Å². The van der Waals surface area contributed by atoms with E-state index in [0.29, 0.717) is 0 Å². The molecule has 0 spiro atoms. The van der Waals surface area contributed by atoms with Gasteiger partial charge in [0.15, 0.2) is 0 Å². The molecule has 21 heavy (non-hydrogen) atoms. The van der Waals surface area contributed by atoms with Gasteiger partial charge in [0, 0.05) is 0 Å². The number of benzene rings is 1. The molecule has 1 nitrogen and oxygen atoms in total. The highest BCUT2D eigenvalue weighted by Gasteiger charge is 2.19. The van der Waals surface area contributed by atoms with Crippen LogP contribution in [0.1, 0.15) is 59.4 Å². The Hall–Kier alpha value is -0.990. The summed E-state index contributed by atoms with van der Waals surface area (Å²) in [7, 11) is 1.70. The molecule has 0 amide bonds. The Labute approximate surface area is 135 Å². The van der Waals surface area contributed by atoms with Crippen molar-refractivity contribution in [2.24, 2.45) is 0 Å². The standard InChI is InChI=1S/C18H21ClOS/c1-20-16-11-12-21-18(16)17(19)15-9-7-14(8-10-15)13-5-3-2-4-6-13/h7-13,17H,2-6H2,1H3. The summed E-state index contributed by atoms with van der Waals surface area (Å²) in [5.74, 6) is 1.63. The molecular formula is C18H21ClOS. The van der Waals surface area contributed by atoms with Crippen LogP contribution in [0.5, 0.6) is 5.75 Å². The minimum Gasteiger partial charge on any atom is -0.496 e. The van der Waals surface area contributed by atoms with Crippen LogP contribution in [0.2, 0.25) is 0 Å². The molecule has 1 heterocycles. The molecule has 1 atom stereocenters. The lowest BCUT2D eigenvalue weighted by Gasteiger charge is -2.22. The second-order valence-corrected chi connectivity index (χ2v) is 7.10. The number of halogens is 1. The van der Waals surface area contributed by atoms with Gasteiger partial charge in [-0.15, -0.1) is 22.9 Å². The van der Waals surface area contributed by atoms with Gasteiger partial charge in [-0.3, -0.25) is 0 Å². The third-order valence-corrected chi connectivity index (χ3v) is 5.98. The molecule has 0 aliphatic heterocycles. The number of alkyl halides is 1. The zero-order valence-electron chi connectivity index (χ0n) is 12.3. The van der Waals surface area contributed by atoms with E-state index in [-0.39, 0.29) is 5.38 Å². The lowest BCUT2D eigenvalue weighted by atomic mass is 9.84. The van der Waals surface area contributed by atoms with E-state index in [1.165, 1.54) is 37.7 Å². The van der Waals surface area contributed by atoms with E-state index in [0.717, 1.165) is 22.1 Å². The number of thiophene rings is 1. The molecule has 0 radical (unpaired) electrons. The highest BCUT2D eigenvalue weighted by molar-refractivity contribution is 7.10. The maximum Gasteiger partial charge on any atom is 0.134 e. The normalized spacial score (nSPS) is 17.6. The molecule has 0 bridgehead atoms. The summed E-state index contributed by atoms with van der Waals surface area (Å²) in [5, 5.41) is 1.90. The minimum atomic E-state index is -0.125. The predicted octanol–water partition coefficient (Wildman–Crippen LogP) is 6.13. The first kappa shape index (κ1) is 14.9. The minimum absolute atomic E-state index is 0.125. The van der Waals surface area contributed by atoms with E-state index in [2.05, 4.69) is 24.3 Å². The predicted molar refractivity (Wildman–Crippen MR) is 90.8 cm³/mol. The molecule has 0 N–H and O–H groups in total. The molecule has 1 unspecified atom stereocenters. The van der Waals surface area contributed by atoms with Crippen LogP contribution in [-0.2, 0) is 0 Å². The van der Waals surface area contributed by atoms with Crippen LogP contribution < -0.4 is 4.74 Å². The Balaban J connectivity index is 1.77. The Morgan fingerprint density at radius 1 is 1.10 bits per heavy atom. The lowest BCUT2D eigenvalue weighted by molar-refractivity contribution is 0.413. The van der Waals surface area contributed by atoms with Crippen LogP contribution in [0.25, 0.3) is 0 Å². The summed E-state index contributed by atoms with van der Waals surface area (Å²) in [4.78, 5) is 1.09. The van der Waals surface area contributed by atoms with Gasteiger partial charge in [0.05, 0.1) is 17.4 Å². The molecule has 1 aromatic heterocycles. The van der Waals surface area contributed by atoms with Crippen molar-refractivity contribution >= 4 is 22.9 Å². The number of methoxy groups -OCH3 is 1. The molecule has 112 valence electrons. The molecule has 2 aromatic rings. The smallest absolute Gasteiger partial charge is 0.134 e. The Bertz CT molecular complexity index is 569. The van der Waals surface area contributed by atoms with Crippen molar-refractivity contribution in [3.63, 3.8) is 0 Å². The fraction of sp³-hybridized carbons (Fsp3) is 0.444. The fourth-order valence-electron chi connectivity index (χ4n) is 3.19. The van der Waals surface area contributed by atoms with Crippen molar-refractivity contribution in [1.82, 2.24) is 0 Å². The second-order valence-electron chi connectivity index (χ2n) is 5.72. The highest BCUT2D eigenvalue weighted by Crippen LogP contribution is 2.40. The van der Waals surface area contributed by atoms with Gasteiger partial charge in [0.1, 0.15) is 5.75 Å². The fourth-order valence-corrected chi connectivity index (χ4v) is 4.46. The van der Waals surface area contributed by atoms with Crippen molar-refractivity contribution in [2.75, 3.05) is 7.11 Å². The van der Waals surface area contributed by atoms with Crippen molar-refractivity contribution in [3.05, 3.63) is 51.7 Å². The number of hydrogen-bond acceptors (Lipinski definition) is 2. The van der Waals surface area contributed by atoms with Crippen LogP contribution in [0.3, 0.4) is 0 Å². The summed E-state index contributed by atoms with van der Waals surface area (Å²) >= 11 is 8.28. The molecule has 1 aromatic carbocycles. The second kappa shape index (κ2) is 6.85.